The van der Waals surface area contributed by atoms with Crippen LogP contribution >= 0.6 is 15.9 Å². The molecular formula is C8H6BrF3O. The molecule has 1 rings (SSSR count). The van der Waals surface area contributed by atoms with Crippen LogP contribution < -0.4 is 0 Å². The Bertz CT molecular complexity index is 298. The first kappa shape index (κ1) is 10.5. The van der Waals surface area contributed by atoms with Crippen molar-refractivity contribution >= 4 is 15.9 Å². The van der Waals surface area contributed by atoms with Gasteiger partial charge in [-0.1, -0.05) is 34.1 Å². The molecule has 0 aliphatic heterocycles. The Balaban J connectivity index is 3.02. The van der Waals surface area contributed by atoms with Gasteiger partial charge in [-0.2, -0.15) is 13.2 Å². The summed E-state index contributed by atoms with van der Waals surface area (Å²) in [5, 5.41) is 8.88. The molecule has 1 nitrogen and oxygen atoms in total. The van der Waals surface area contributed by atoms with E-state index in [1.807, 2.05) is 0 Å². The van der Waals surface area contributed by atoms with Gasteiger partial charge < -0.3 is 5.11 Å². The number of benzene rings is 1. The zero-order valence-corrected chi connectivity index (χ0v) is 7.93. The van der Waals surface area contributed by atoms with Crippen LogP contribution in [-0.4, -0.2) is 11.3 Å². The van der Waals surface area contributed by atoms with E-state index in [1.165, 1.54) is 18.2 Å². The quantitative estimate of drug-likeness (QED) is 0.817. The molecule has 1 aromatic carbocycles. The van der Waals surface area contributed by atoms with E-state index in [-0.39, 0.29) is 10.0 Å². The Morgan fingerprint density at radius 1 is 1.23 bits per heavy atom. The zero-order chi connectivity index (χ0) is 10.1. The lowest BCUT2D eigenvalue weighted by atomic mass is 10.1. The Labute approximate surface area is 81.3 Å². The molecule has 0 aliphatic rings. The van der Waals surface area contributed by atoms with Gasteiger partial charge in [0.1, 0.15) is 0 Å². The molecule has 72 valence electrons. The smallest absolute Gasteiger partial charge is 0.379 e. The molecule has 0 saturated carbocycles. The Morgan fingerprint density at radius 2 is 1.77 bits per heavy atom. The summed E-state index contributed by atoms with van der Waals surface area (Å²) in [6, 6.07) is 5.69. The van der Waals surface area contributed by atoms with Gasteiger partial charge in [-0.15, -0.1) is 0 Å². The van der Waals surface area contributed by atoms with E-state index in [1.54, 1.807) is 6.07 Å². The van der Waals surface area contributed by atoms with Crippen LogP contribution in [0.2, 0.25) is 0 Å². The predicted octanol–water partition coefficient (Wildman–Crippen LogP) is 3.04. The van der Waals surface area contributed by atoms with Crippen molar-refractivity contribution in [3.63, 3.8) is 0 Å². The van der Waals surface area contributed by atoms with Crippen molar-refractivity contribution in [2.24, 2.45) is 0 Å². The summed E-state index contributed by atoms with van der Waals surface area (Å²) in [5.41, 5.74) is -0.171. The molecule has 0 aromatic heterocycles. The summed E-state index contributed by atoms with van der Waals surface area (Å²) in [4.78, 5) is 0. The van der Waals surface area contributed by atoms with Crippen molar-refractivity contribution in [3.05, 3.63) is 34.3 Å². The van der Waals surface area contributed by atoms with Gasteiger partial charge in [-0.25, -0.2) is 0 Å². The van der Waals surface area contributed by atoms with E-state index in [0.29, 0.717) is 0 Å². The largest absolute Gasteiger partial charge is 0.418 e. The van der Waals surface area contributed by atoms with Gasteiger partial charge in [-0.05, 0) is 6.07 Å². The molecule has 0 fully saturated rings. The molecule has 1 aromatic rings. The maximum absolute atomic E-state index is 12.0. The van der Waals surface area contributed by atoms with Crippen LogP contribution in [0.1, 0.15) is 11.7 Å². The van der Waals surface area contributed by atoms with Crippen molar-refractivity contribution in [1.82, 2.24) is 0 Å². The third kappa shape index (κ3) is 2.45. The van der Waals surface area contributed by atoms with E-state index >= 15 is 0 Å². The number of rotatable bonds is 1. The summed E-state index contributed by atoms with van der Waals surface area (Å²) in [6.45, 7) is 0. The number of hydrogen-bond acceptors (Lipinski definition) is 1. The molecule has 0 amide bonds. The lowest BCUT2D eigenvalue weighted by Crippen LogP contribution is -2.20. The fourth-order valence-corrected chi connectivity index (χ4v) is 1.37. The summed E-state index contributed by atoms with van der Waals surface area (Å²) in [5.74, 6) is 0. The molecular weight excluding hydrogens is 249 g/mol. The highest BCUT2D eigenvalue weighted by Gasteiger charge is 2.40. The number of aliphatic hydroxyl groups excluding tert-OH is 1. The van der Waals surface area contributed by atoms with Crippen molar-refractivity contribution in [2.45, 2.75) is 12.3 Å². The maximum atomic E-state index is 12.0. The molecule has 0 spiro atoms. The highest BCUT2D eigenvalue weighted by Crippen LogP contribution is 2.35. The van der Waals surface area contributed by atoms with E-state index in [0.717, 1.165) is 0 Å². The van der Waals surface area contributed by atoms with Gasteiger partial charge in [0.2, 0.25) is 0 Å². The summed E-state index contributed by atoms with van der Waals surface area (Å²) < 4.78 is 36.4. The second kappa shape index (κ2) is 3.67. The second-order valence-corrected chi connectivity index (χ2v) is 3.32. The first-order valence-electron chi connectivity index (χ1n) is 3.42. The van der Waals surface area contributed by atoms with Gasteiger partial charge in [0.05, 0.1) is 0 Å². The minimum absolute atomic E-state index is 0.171. The third-order valence-electron chi connectivity index (χ3n) is 1.51. The normalized spacial score (nSPS) is 14.2. The van der Waals surface area contributed by atoms with Crippen LogP contribution in [-0.2, 0) is 0 Å². The van der Waals surface area contributed by atoms with Crippen molar-refractivity contribution in [2.75, 3.05) is 0 Å². The van der Waals surface area contributed by atoms with Crippen LogP contribution in [0.25, 0.3) is 0 Å². The first-order valence-corrected chi connectivity index (χ1v) is 4.21. The molecule has 1 N–H and O–H groups in total. The van der Waals surface area contributed by atoms with Gasteiger partial charge in [0, 0.05) is 10.0 Å². The topological polar surface area (TPSA) is 20.2 Å². The molecule has 0 bridgehead atoms. The lowest BCUT2D eigenvalue weighted by molar-refractivity contribution is -0.207. The average molecular weight is 255 g/mol. The minimum atomic E-state index is -4.62. The van der Waals surface area contributed by atoms with E-state index in [9.17, 15) is 13.2 Å². The fourth-order valence-electron chi connectivity index (χ4n) is 0.873. The van der Waals surface area contributed by atoms with Crippen LogP contribution in [0.15, 0.2) is 28.7 Å². The number of aliphatic hydroxyl groups is 1. The second-order valence-electron chi connectivity index (χ2n) is 2.47. The highest BCUT2D eigenvalue weighted by atomic mass is 79.9. The van der Waals surface area contributed by atoms with Gasteiger partial charge in [0.15, 0.2) is 6.10 Å². The predicted molar refractivity (Wildman–Crippen MR) is 45.2 cm³/mol. The van der Waals surface area contributed by atoms with E-state index < -0.39 is 12.3 Å². The lowest BCUT2D eigenvalue weighted by Gasteiger charge is -2.15. The highest BCUT2D eigenvalue weighted by molar-refractivity contribution is 9.10. The van der Waals surface area contributed by atoms with Crippen LogP contribution in [0, 0.1) is 0 Å². The minimum Gasteiger partial charge on any atom is -0.379 e. The number of hydrogen-bond donors (Lipinski definition) is 1. The fraction of sp³-hybridized carbons (Fsp3) is 0.250. The molecule has 5 heteroatoms. The molecule has 0 saturated heterocycles. The Kier molecular flexibility index (Phi) is 2.98. The summed E-state index contributed by atoms with van der Waals surface area (Å²) >= 11 is 2.93. The van der Waals surface area contributed by atoms with Crippen molar-refractivity contribution in [1.29, 1.82) is 0 Å². The van der Waals surface area contributed by atoms with Crippen LogP contribution in [0.5, 0.6) is 0 Å². The zero-order valence-electron chi connectivity index (χ0n) is 6.35. The Morgan fingerprint density at radius 3 is 2.23 bits per heavy atom. The monoisotopic (exact) mass is 254 g/mol. The van der Waals surface area contributed by atoms with E-state index in [2.05, 4.69) is 15.9 Å². The van der Waals surface area contributed by atoms with Crippen molar-refractivity contribution < 1.29 is 18.3 Å². The average Bonchev–Trinajstić information content (AvgIpc) is 2.02. The molecule has 0 unspecified atom stereocenters. The number of halogens is 4. The molecule has 0 aliphatic carbocycles. The van der Waals surface area contributed by atoms with Gasteiger partial charge in [-0.3, -0.25) is 0 Å². The van der Waals surface area contributed by atoms with Gasteiger partial charge >= 0.3 is 6.18 Å². The molecule has 1 atom stereocenters. The van der Waals surface area contributed by atoms with Crippen LogP contribution in [0.4, 0.5) is 13.2 Å². The molecule has 13 heavy (non-hydrogen) atoms. The SMILES string of the molecule is O[C@@H](c1ccccc1Br)C(F)(F)F. The standard InChI is InChI=1S/C8H6BrF3O/c9-6-4-2-1-3-5(6)7(13)8(10,11)12/h1-4,7,13H/t7-/m0/s1. The Hall–Kier alpha value is -0.550. The third-order valence-corrected chi connectivity index (χ3v) is 2.23. The van der Waals surface area contributed by atoms with Gasteiger partial charge in [0.25, 0.3) is 0 Å². The molecule has 0 radical (unpaired) electrons. The van der Waals surface area contributed by atoms with E-state index in [4.69, 9.17) is 5.11 Å². The molecule has 0 heterocycles. The first-order chi connectivity index (χ1) is 5.93. The summed E-state index contributed by atoms with van der Waals surface area (Å²) in [7, 11) is 0. The summed E-state index contributed by atoms with van der Waals surface area (Å²) in [6.07, 6.45) is -7.05. The van der Waals surface area contributed by atoms with Crippen molar-refractivity contribution in [3.8, 4) is 0 Å². The number of alkyl halides is 3. The van der Waals surface area contributed by atoms with Crippen LogP contribution in [0.3, 0.4) is 0 Å². The maximum Gasteiger partial charge on any atom is 0.418 e.